The third kappa shape index (κ3) is 4.80. The van der Waals surface area contributed by atoms with E-state index >= 15 is 0 Å². The van der Waals surface area contributed by atoms with Crippen LogP contribution in [0.2, 0.25) is 0 Å². The lowest BCUT2D eigenvalue weighted by atomic mass is 10.0. The summed E-state index contributed by atoms with van der Waals surface area (Å²) in [6, 6.07) is 13.9. The first-order chi connectivity index (χ1) is 14.8. The van der Waals surface area contributed by atoms with Crippen molar-refractivity contribution in [2.45, 2.75) is 23.8 Å². The predicted molar refractivity (Wildman–Crippen MR) is 116 cm³/mol. The topological polar surface area (TPSA) is 84.0 Å². The maximum absolute atomic E-state index is 12.9. The minimum Gasteiger partial charge on any atom is -0.368 e. The normalized spacial score (nSPS) is 19.5. The quantitative estimate of drug-likeness (QED) is 0.725. The number of ether oxygens (including phenoxy) is 1. The molecule has 2 heterocycles. The van der Waals surface area contributed by atoms with Gasteiger partial charge in [0.25, 0.3) is 11.8 Å². The van der Waals surface area contributed by atoms with Crippen LogP contribution in [0.4, 0.5) is 0 Å². The summed E-state index contributed by atoms with van der Waals surface area (Å²) in [6.45, 7) is 2.66. The van der Waals surface area contributed by atoms with Crippen LogP contribution >= 0.6 is 0 Å². The van der Waals surface area contributed by atoms with E-state index in [4.69, 9.17) is 4.74 Å². The Morgan fingerprint density at radius 3 is 2.23 bits per heavy atom. The number of hydrogen-bond donors (Lipinski definition) is 0. The molecule has 0 aromatic heterocycles. The van der Waals surface area contributed by atoms with Crippen molar-refractivity contribution in [3.63, 3.8) is 0 Å². The lowest BCUT2D eigenvalue weighted by Gasteiger charge is -2.35. The Labute approximate surface area is 182 Å². The van der Waals surface area contributed by atoms with Crippen molar-refractivity contribution in [3.8, 4) is 11.1 Å². The standard InChI is InChI=1S/C23H26N2O5S/c1-31(28,29)20-5-2-4-19(16-20)17-7-9-18(10-8-17)22(26)24-11-13-25(14-12-24)23(27)21-6-3-15-30-21/h2,4-5,7-10,16,21H,3,6,11-15H2,1H3/t21-/m0/s1. The summed E-state index contributed by atoms with van der Waals surface area (Å²) in [4.78, 5) is 29.2. The van der Waals surface area contributed by atoms with Gasteiger partial charge in [-0.3, -0.25) is 9.59 Å². The Kier molecular flexibility index (Phi) is 6.11. The number of sulfone groups is 1. The van der Waals surface area contributed by atoms with E-state index in [0.717, 1.165) is 24.0 Å². The average molecular weight is 443 g/mol. The van der Waals surface area contributed by atoms with E-state index in [0.29, 0.717) is 38.3 Å². The van der Waals surface area contributed by atoms with Crippen molar-refractivity contribution >= 4 is 21.7 Å². The van der Waals surface area contributed by atoms with Crippen LogP contribution in [-0.2, 0) is 19.4 Å². The zero-order valence-corrected chi connectivity index (χ0v) is 18.3. The maximum atomic E-state index is 12.9. The van der Waals surface area contributed by atoms with Crippen molar-refractivity contribution < 1.29 is 22.7 Å². The molecule has 2 aromatic carbocycles. The van der Waals surface area contributed by atoms with Crippen LogP contribution in [0.5, 0.6) is 0 Å². The number of amides is 2. The molecule has 164 valence electrons. The van der Waals surface area contributed by atoms with Crippen LogP contribution in [0.25, 0.3) is 11.1 Å². The highest BCUT2D eigenvalue weighted by molar-refractivity contribution is 7.90. The number of benzene rings is 2. The molecule has 7 nitrogen and oxygen atoms in total. The predicted octanol–water partition coefficient (Wildman–Crippen LogP) is 2.22. The minimum absolute atomic E-state index is 0.0327. The van der Waals surface area contributed by atoms with E-state index in [9.17, 15) is 18.0 Å². The van der Waals surface area contributed by atoms with Gasteiger partial charge < -0.3 is 14.5 Å². The van der Waals surface area contributed by atoms with Gasteiger partial charge in [0, 0.05) is 44.6 Å². The fourth-order valence-electron chi connectivity index (χ4n) is 4.00. The van der Waals surface area contributed by atoms with Crippen LogP contribution in [0, 0.1) is 0 Å². The van der Waals surface area contributed by atoms with Crippen LogP contribution in [0.1, 0.15) is 23.2 Å². The van der Waals surface area contributed by atoms with E-state index in [-0.39, 0.29) is 22.8 Å². The fraction of sp³-hybridized carbons (Fsp3) is 0.391. The van der Waals surface area contributed by atoms with Gasteiger partial charge in [-0.2, -0.15) is 0 Å². The Morgan fingerprint density at radius 1 is 0.935 bits per heavy atom. The molecule has 2 fully saturated rings. The van der Waals surface area contributed by atoms with Crippen LogP contribution < -0.4 is 0 Å². The first-order valence-corrected chi connectivity index (χ1v) is 12.3. The zero-order valence-electron chi connectivity index (χ0n) is 17.5. The largest absolute Gasteiger partial charge is 0.368 e. The van der Waals surface area contributed by atoms with Gasteiger partial charge in [0.1, 0.15) is 6.10 Å². The van der Waals surface area contributed by atoms with E-state index in [2.05, 4.69) is 0 Å². The molecule has 2 aromatic rings. The monoisotopic (exact) mass is 442 g/mol. The Hall–Kier alpha value is -2.71. The molecular weight excluding hydrogens is 416 g/mol. The summed E-state index contributed by atoms with van der Waals surface area (Å²) < 4.78 is 29.1. The van der Waals surface area contributed by atoms with Crippen LogP contribution in [-0.4, -0.2) is 75.2 Å². The molecule has 2 saturated heterocycles. The van der Waals surface area contributed by atoms with E-state index in [1.165, 1.54) is 6.26 Å². The van der Waals surface area contributed by atoms with Crippen molar-refractivity contribution in [1.82, 2.24) is 9.80 Å². The third-order valence-electron chi connectivity index (χ3n) is 5.81. The van der Waals surface area contributed by atoms with Crippen molar-refractivity contribution in [2.75, 3.05) is 39.0 Å². The summed E-state index contributed by atoms with van der Waals surface area (Å²) >= 11 is 0. The molecule has 31 heavy (non-hydrogen) atoms. The molecule has 0 unspecified atom stereocenters. The maximum Gasteiger partial charge on any atom is 0.253 e. The zero-order chi connectivity index (χ0) is 22.0. The van der Waals surface area contributed by atoms with Crippen molar-refractivity contribution in [3.05, 3.63) is 54.1 Å². The Bertz CT molecular complexity index is 1070. The van der Waals surface area contributed by atoms with Gasteiger partial charge in [-0.15, -0.1) is 0 Å². The molecule has 0 spiro atoms. The highest BCUT2D eigenvalue weighted by atomic mass is 32.2. The molecule has 2 aliphatic rings. The molecular formula is C23H26N2O5S. The number of carbonyl (C=O) groups is 2. The average Bonchev–Trinajstić information content (AvgIpc) is 3.33. The number of nitrogens with zero attached hydrogens (tertiary/aromatic N) is 2. The molecule has 0 bridgehead atoms. The second kappa shape index (κ2) is 8.80. The third-order valence-corrected chi connectivity index (χ3v) is 6.92. The lowest BCUT2D eigenvalue weighted by molar-refractivity contribution is -0.142. The first kappa shape index (κ1) is 21.5. The summed E-state index contributed by atoms with van der Waals surface area (Å²) in [5.74, 6) is -0.0362. The summed E-state index contributed by atoms with van der Waals surface area (Å²) in [6.07, 6.45) is 2.55. The minimum atomic E-state index is -3.28. The second-order valence-electron chi connectivity index (χ2n) is 8.00. The van der Waals surface area contributed by atoms with Gasteiger partial charge in [0.05, 0.1) is 4.90 Å². The Balaban J connectivity index is 1.39. The summed E-state index contributed by atoms with van der Waals surface area (Å²) in [5.41, 5.74) is 2.19. The van der Waals surface area contributed by atoms with Gasteiger partial charge in [0.15, 0.2) is 9.84 Å². The van der Waals surface area contributed by atoms with Crippen molar-refractivity contribution in [2.24, 2.45) is 0 Å². The van der Waals surface area contributed by atoms with Gasteiger partial charge >= 0.3 is 0 Å². The molecule has 8 heteroatoms. The van der Waals surface area contributed by atoms with Crippen molar-refractivity contribution in [1.29, 1.82) is 0 Å². The van der Waals surface area contributed by atoms with E-state index < -0.39 is 9.84 Å². The fourth-order valence-corrected chi connectivity index (χ4v) is 4.67. The lowest BCUT2D eigenvalue weighted by Crippen LogP contribution is -2.52. The molecule has 2 amide bonds. The molecule has 0 saturated carbocycles. The van der Waals surface area contributed by atoms with Gasteiger partial charge in [0.2, 0.25) is 0 Å². The SMILES string of the molecule is CS(=O)(=O)c1cccc(-c2ccc(C(=O)N3CCN(C(=O)[C@@H]4CCCO4)CC3)cc2)c1. The van der Waals surface area contributed by atoms with Gasteiger partial charge in [-0.25, -0.2) is 8.42 Å². The molecule has 0 N–H and O–H groups in total. The molecule has 0 aliphatic carbocycles. The Morgan fingerprint density at radius 2 is 1.61 bits per heavy atom. The molecule has 1 atom stereocenters. The molecule has 0 radical (unpaired) electrons. The number of hydrogen-bond acceptors (Lipinski definition) is 5. The van der Waals surface area contributed by atoms with Gasteiger partial charge in [-0.05, 0) is 48.2 Å². The molecule has 2 aliphatic heterocycles. The number of rotatable bonds is 4. The highest BCUT2D eigenvalue weighted by Gasteiger charge is 2.31. The number of carbonyl (C=O) groups excluding carboxylic acids is 2. The van der Waals surface area contributed by atoms with Gasteiger partial charge in [-0.1, -0.05) is 24.3 Å². The van der Waals surface area contributed by atoms with Crippen LogP contribution in [0.3, 0.4) is 0 Å². The summed E-state index contributed by atoms with van der Waals surface area (Å²) in [7, 11) is -3.28. The second-order valence-corrected chi connectivity index (χ2v) is 10.0. The smallest absolute Gasteiger partial charge is 0.253 e. The number of piperazine rings is 1. The summed E-state index contributed by atoms with van der Waals surface area (Å²) in [5, 5.41) is 0. The van der Waals surface area contributed by atoms with Crippen LogP contribution in [0.15, 0.2) is 53.4 Å². The molecule has 4 rings (SSSR count). The van der Waals surface area contributed by atoms with E-state index in [1.807, 2.05) is 18.2 Å². The highest BCUT2D eigenvalue weighted by Crippen LogP contribution is 2.24. The van der Waals surface area contributed by atoms with E-state index in [1.54, 1.807) is 40.1 Å². The first-order valence-electron chi connectivity index (χ1n) is 10.4.